The number of hydrogen-bond acceptors (Lipinski definition) is 5. The van der Waals surface area contributed by atoms with E-state index in [1.54, 1.807) is 0 Å². The lowest BCUT2D eigenvalue weighted by molar-refractivity contribution is 0.0697. The van der Waals surface area contributed by atoms with E-state index >= 15 is 0 Å². The lowest BCUT2D eigenvalue weighted by Crippen LogP contribution is -2.15. The number of carboxylic acids is 1. The number of pyridine rings is 1. The van der Waals surface area contributed by atoms with Gasteiger partial charge in [-0.1, -0.05) is 30.3 Å². The van der Waals surface area contributed by atoms with Crippen LogP contribution in [-0.2, 0) is 0 Å². The summed E-state index contributed by atoms with van der Waals surface area (Å²) >= 11 is 0. The van der Waals surface area contributed by atoms with Crippen molar-refractivity contribution in [2.75, 3.05) is 0 Å². The van der Waals surface area contributed by atoms with Crippen molar-refractivity contribution >= 4 is 11.8 Å². The lowest BCUT2D eigenvalue weighted by atomic mass is 10.1. The second-order valence-electron chi connectivity index (χ2n) is 3.71. The number of amidine groups is 1. The quantitative estimate of drug-likeness (QED) is 0.238. The molecule has 104 valence electrons. The summed E-state index contributed by atoms with van der Waals surface area (Å²) < 4.78 is 0. The average Bonchev–Trinajstić information content (AvgIpc) is 2.49. The second kappa shape index (κ2) is 6.98. The molecule has 0 fully saturated rings. The Balaban J connectivity index is 0.000000956. The SMILES string of the molecule is N=C(N)c1cc(C(=O)O)cc(-c2ccccc2)n1.NN. The summed E-state index contributed by atoms with van der Waals surface area (Å²) in [7, 11) is 0. The Bertz CT molecular complexity index is 581. The molecule has 0 saturated carbocycles. The maximum atomic E-state index is 11.0. The Morgan fingerprint density at radius 2 is 1.75 bits per heavy atom. The zero-order valence-electron chi connectivity index (χ0n) is 10.6. The van der Waals surface area contributed by atoms with Crippen molar-refractivity contribution < 1.29 is 9.90 Å². The summed E-state index contributed by atoms with van der Waals surface area (Å²) in [5.74, 6) is 6.67. The Morgan fingerprint density at radius 3 is 2.25 bits per heavy atom. The van der Waals surface area contributed by atoms with Gasteiger partial charge in [-0.25, -0.2) is 9.78 Å². The number of benzene rings is 1. The highest BCUT2D eigenvalue weighted by Gasteiger charge is 2.11. The minimum Gasteiger partial charge on any atom is -0.478 e. The highest BCUT2D eigenvalue weighted by Crippen LogP contribution is 2.19. The molecule has 0 bridgehead atoms. The molecule has 0 aliphatic heterocycles. The smallest absolute Gasteiger partial charge is 0.335 e. The van der Waals surface area contributed by atoms with Crippen LogP contribution in [0.25, 0.3) is 11.3 Å². The summed E-state index contributed by atoms with van der Waals surface area (Å²) in [6.45, 7) is 0. The number of hydrazine groups is 1. The van der Waals surface area contributed by atoms with Gasteiger partial charge in [0.2, 0.25) is 0 Å². The minimum absolute atomic E-state index is 0.0639. The molecule has 1 aromatic heterocycles. The summed E-state index contributed by atoms with van der Waals surface area (Å²) in [5, 5.41) is 16.4. The first kappa shape index (κ1) is 15.3. The Morgan fingerprint density at radius 1 is 1.15 bits per heavy atom. The van der Waals surface area contributed by atoms with Crippen LogP contribution in [0.2, 0.25) is 0 Å². The van der Waals surface area contributed by atoms with E-state index in [9.17, 15) is 4.79 Å². The van der Waals surface area contributed by atoms with Crippen LogP contribution in [0.5, 0.6) is 0 Å². The van der Waals surface area contributed by atoms with Crippen LogP contribution < -0.4 is 17.4 Å². The van der Waals surface area contributed by atoms with Gasteiger partial charge in [-0.3, -0.25) is 17.1 Å². The van der Waals surface area contributed by atoms with Gasteiger partial charge in [-0.2, -0.15) is 0 Å². The lowest BCUT2D eigenvalue weighted by Gasteiger charge is -2.06. The third-order valence-electron chi connectivity index (χ3n) is 2.42. The fourth-order valence-corrected chi connectivity index (χ4v) is 1.55. The van der Waals surface area contributed by atoms with Crippen LogP contribution in [0.3, 0.4) is 0 Å². The average molecular weight is 273 g/mol. The maximum absolute atomic E-state index is 11.0. The van der Waals surface area contributed by atoms with Gasteiger partial charge >= 0.3 is 5.97 Å². The molecule has 0 saturated heterocycles. The molecule has 8 N–H and O–H groups in total. The first-order valence-corrected chi connectivity index (χ1v) is 5.56. The first-order chi connectivity index (χ1) is 9.58. The molecule has 7 heteroatoms. The van der Waals surface area contributed by atoms with Crippen LogP contribution in [0.1, 0.15) is 16.1 Å². The van der Waals surface area contributed by atoms with E-state index in [4.69, 9.17) is 16.2 Å². The van der Waals surface area contributed by atoms with E-state index in [2.05, 4.69) is 16.7 Å². The molecule has 0 amide bonds. The molecule has 1 heterocycles. The van der Waals surface area contributed by atoms with Gasteiger partial charge in [0.1, 0.15) is 11.5 Å². The Labute approximate surface area is 115 Å². The summed E-state index contributed by atoms with van der Waals surface area (Å²) in [5.41, 5.74) is 6.85. The molecular weight excluding hydrogens is 258 g/mol. The van der Waals surface area contributed by atoms with E-state index in [1.165, 1.54) is 12.1 Å². The molecule has 2 rings (SSSR count). The summed E-state index contributed by atoms with van der Waals surface area (Å²) in [4.78, 5) is 15.2. The fourth-order valence-electron chi connectivity index (χ4n) is 1.55. The number of aromatic nitrogens is 1. The molecule has 0 aliphatic rings. The molecule has 7 nitrogen and oxygen atoms in total. The number of rotatable bonds is 3. The molecule has 20 heavy (non-hydrogen) atoms. The molecule has 0 aliphatic carbocycles. The zero-order chi connectivity index (χ0) is 15.1. The molecule has 0 unspecified atom stereocenters. The molecule has 0 spiro atoms. The van der Waals surface area contributed by atoms with E-state index in [-0.39, 0.29) is 17.1 Å². The summed E-state index contributed by atoms with van der Waals surface area (Å²) in [6, 6.07) is 11.9. The van der Waals surface area contributed by atoms with Gasteiger partial charge in [0.05, 0.1) is 11.3 Å². The second-order valence-corrected chi connectivity index (χ2v) is 3.71. The monoisotopic (exact) mass is 273 g/mol. The number of carbonyl (C=O) groups is 1. The van der Waals surface area contributed by atoms with Gasteiger partial charge in [0, 0.05) is 5.56 Å². The fraction of sp³-hybridized carbons (Fsp3) is 0. The normalized spacial score (nSPS) is 9.30. The number of carboxylic acid groups (broad SMARTS) is 1. The number of aromatic carboxylic acids is 1. The van der Waals surface area contributed by atoms with E-state index < -0.39 is 5.97 Å². The van der Waals surface area contributed by atoms with Crippen molar-refractivity contribution in [1.82, 2.24) is 4.98 Å². The number of nitrogens with two attached hydrogens (primary N) is 3. The standard InChI is InChI=1S/C13H11N3O2.H4N2/c14-12(15)11-7-9(13(17)18)6-10(16-11)8-4-2-1-3-5-8;1-2/h1-7H,(H3,14,15)(H,17,18);1-2H2. The van der Waals surface area contributed by atoms with E-state index in [1.807, 2.05) is 30.3 Å². The Hall–Kier alpha value is -2.77. The zero-order valence-corrected chi connectivity index (χ0v) is 10.6. The summed E-state index contributed by atoms with van der Waals surface area (Å²) in [6.07, 6.45) is 0. The van der Waals surface area contributed by atoms with Crippen molar-refractivity contribution in [2.45, 2.75) is 0 Å². The van der Waals surface area contributed by atoms with Crippen LogP contribution in [0.4, 0.5) is 0 Å². The van der Waals surface area contributed by atoms with Gasteiger partial charge in [0.15, 0.2) is 0 Å². The van der Waals surface area contributed by atoms with Crippen molar-refractivity contribution in [3.63, 3.8) is 0 Å². The number of hydrogen-bond donors (Lipinski definition) is 5. The Kier molecular flexibility index (Phi) is 5.33. The highest BCUT2D eigenvalue weighted by atomic mass is 16.4. The van der Waals surface area contributed by atoms with Crippen LogP contribution in [0, 0.1) is 5.41 Å². The molecule has 0 atom stereocenters. The van der Waals surface area contributed by atoms with Crippen molar-refractivity contribution in [2.24, 2.45) is 17.4 Å². The largest absolute Gasteiger partial charge is 0.478 e. The number of nitrogens with one attached hydrogen (secondary N) is 1. The maximum Gasteiger partial charge on any atom is 0.335 e. The van der Waals surface area contributed by atoms with Crippen LogP contribution in [0.15, 0.2) is 42.5 Å². The molecular formula is C13H15N5O2. The van der Waals surface area contributed by atoms with Gasteiger partial charge in [-0.05, 0) is 12.1 Å². The molecule has 1 aromatic carbocycles. The predicted molar refractivity (Wildman–Crippen MR) is 76.0 cm³/mol. The van der Waals surface area contributed by atoms with Gasteiger partial charge in [-0.15, -0.1) is 0 Å². The van der Waals surface area contributed by atoms with Crippen molar-refractivity contribution in [3.05, 3.63) is 53.7 Å². The predicted octanol–water partition coefficient (Wildman–Crippen LogP) is 0.550. The molecule has 0 radical (unpaired) electrons. The van der Waals surface area contributed by atoms with Gasteiger partial charge < -0.3 is 10.8 Å². The third kappa shape index (κ3) is 3.61. The third-order valence-corrected chi connectivity index (χ3v) is 2.42. The topological polar surface area (TPSA) is 152 Å². The van der Waals surface area contributed by atoms with Crippen molar-refractivity contribution in [3.8, 4) is 11.3 Å². The van der Waals surface area contributed by atoms with Gasteiger partial charge in [0.25, 0.3) is 0 Å². The van der Waals surface area contributed by atoms with Crippen LogP contribution in [-0.4, -0.2) is 21.9 Å². The van der Waals surface area contributed by atoms with Crippen molar-refractivity contribution in [1.29, 1.82) is 5.41 Å². The highest BCUT2D eigenvalue weighted by molar-refractivity contribution is 5.97. The minimum atomic E-state index is -1.07. The molecule has 2 aromatic rings. The number of nitrogen functional groups attached to an aromatic ring is 1. The number of nitrogens with zero attached hydrogens (tertiary/aromatic N) is 1. The van der Waals surface area contributed by atoms with Crippen LogP contribution >= 0.6 is 0 Å². The van der Waals surface area contributed by atoms with E-state index in [0.29, 0.717) is 5.69 Å². The van der Waals surface area contributed by atoms with E-state index in [0.717, 1.165) is 5.56 Å². The first-order valence-electron chi connectivity index (χ1n) is 5.56.